The van der Waals surface area contributed by atoms with Gasteiger partial charge in [-0.15, -0.1) is 0 Å². The number of ether oxygens (including phenoxy) is 1. The highest BCUT2D eigenvalue weighted by Crippen LogP contribution is 2.23. The summed E-state index contributed by atoms with van der Waals surface area (Å²) in [6, 6.07) is 5.95. The van der Waals surface area contributed by atoms with Crippen LogP contribution in [0.4, 0.5) is 0 Å². The molecule has 0 aromatic heterocycles. The lowest BCUT2D eigenvalue weighted by Crippen LogP contribution is -2.22. The largest absolute Gasteiger partial charge is 0.490 e. The summed E-state index contributed by atoms with van der Waals surface area (Å²) in [5, 5.41) is 21.3. The third kappa shape index (κ3) is 4.34. The van der Waals surface area contributed by atoms with Gasteiger partial charge in [0.05, 0.1) is 6.61 Å². The second kappa shape index (κ2) is 7.27. The second-order valence-corrected chi connectivity index (χ2v) is 3.99. The van der Waals surface area contributed by atoms with E-state index < -0.39 is 6.10 Å². The van der Waals surface area contributed by atoms with Crippen LogP contribution in [0.15, 0.2) is 18.2 Å². The predicted molar refractivity (Wildman–Crippen MR) is 67.1 cm³/mol. The zero-order valence-electron chi connectivity index (χ0n) is 10.4. The van der Waals surface area contributed by atoms with Gasteiger partial charge < -0.3 is 20.3 Å². The van der Waals surface area contributed by atoms with Gasteiger partial charge >= 0.3 is 0 Å². The van der Waals surface area contributed by atoms with Gasteiger partial charge in [-0.05, 0) is 19.0 Å². The van der Waals surface area contributed by atoms with Crippen molar-refractivity contribution < 1.29 is 14.9 Å². The molecule has 0 amide bonds. The second-order valence-electron chi connectivity index (χ2n) is 3.99. The van der Waals surface area contributed by atoms with Crippen LogP contribution >= 0.6 is 0 Å². The van der Waals surface area contributed by atoms with Crippen molar-refractivity contribution in [3.63, 3.8) is 0 Å². The van der Waals surface area contributed by atoms with Gasteiger partial charge in [0.1, 0.15) is 18.5 Å². The van der Waals surface area contributed by atoms with Gasteiger partial charge in [0.25, 0.3) is 0 Å². The van der Waals surface area contributed by atoms with Crippen LogP contribution in [0.25, 0.3) is 0 Å². The summed E-state index contributed by atoms with van der Waals surface area (Å²) >= 11 is 0. The Bertz CT molecular complexity index is 341. The first-order chi connectivity index (χ1) is 8.19. The maximum Gasteiger partial charge on any atom is 0.126 e. The number of rotatable bonds is 7. The molecule has 0 aliphatic carbocycles. The summed E-state index contributed by atoms with van der Waals surface area (Å²) in [6.45, 7) is 5.48. The molecule has 1 aromatic carbocycles. The van der Waals surface area contributed by atoms with Crippen molar-refractivity contribution in [2.45, 2.75) is 26.5 Å². The molecule has 0 spiro atoms. The van der Waals surface area contributed by atoms with Gasteiger partial charge in [0, 0.05) is 12.1 Å². The molecule has 1 atom stereocenters. The summed E-state index contributed by atoms with van der Waals surface area (Å²) in [6.07, 6.45) is -0.832. The third-order valence-electron chi connectivity index (χ3n) is 2.49. The molecule has 4 nitrogen and oxygen atoms in total. The minimum absolute atomic E-state index is 0.112. The lowest BCUT2D eigenvalue weighted by atomic mass is 10.1. The van der Waals surface area contributed by atoms with E-state index in [2.05, 4.69) is 5.32 Å². The zero-order chi connectivity index (χ0) is 12.7. The van der Waals surface area contributed by atoms with Gasteiger partial charge in [-0.25, -0.2) is 0 Å². The zero-order valence-corrected chi connectivity index (χ0v) is 10.4. The number of nitrogens with one attached hydrogen (secondary N) is 1. The highest BCUT2D eigenvalue weighted by molar-refractivity contribution is 5.40. The Morgan fingerprint density at radius 3 is 2.82 bits per heavy atom. The van der Waals surface area contributed by atoms with Crippen molar-refractivity contribution in [2.75, 3.05) is 19.8 Å². The molecule has 4 heteroatoms. The lowest BCUT2D eigenvalue weighted by Gasteiger charge is -2.16. The standard InChI is InChI=1S/C13H21NO3/c1-3-14-7-11-6-4-5-10(2)13(11)17-9-12(16)8-15/h4-6,12,14-16H,3,7-9H2,1-2H3. The molecule has 1 rings (SSSR count). The molecule has 3 N–H and O–H groups in total. The lowest BCUT2D eigenvalue weighted by molar-refractivity contribution is 0.0530. The fourth-order valence-electron chi connectivity index (χ4n) is 1.55. The molecular weight excluding hydrogens is 218 g/mol. The number of aliphatic hydroxyl groups excluding tert-OH is 2. The summed E-state index contributed by atoms with van der Waals surface area (Å²) < 4.78 is 5.57. The van der Waals surface area contributed by atoms with Crippen molar-refractivity contribution in [2.24, 2.45) is 0 Å². The van der Waals surface area contributed by atoms with Crippen LogP contribution in [0.2, 0.25) is 0 Å². The van der Waals surface area contributed by atoms with Crippen molar-refractivity contribution in [3.8, 4) is 5.75 Å². The monoisotopic (exact) mass is 239 g/mol. The van der Waals surface area contributed by atoms with E-state index >= 15 is 0 Å². The maximum atomic E-state index is 9.29. The predicted octanol–water partition coefficient (Wildman–Crippen LogP) is 0.837. The van der Waals surface area contributed by atoms with Crippen molar-refractivity contribution in [3.05, 3.63) is 29.3 Å². The molecule has 0 saturated heterocycles. The summed E-state index contributed by atoms with van der Waals surface area (Å²) in [5.74, 6) is 0.793. The first-order valence-electron chi connectivity index (χ1n) is 5.90. The molecule has 0 saturated carbocycles. The minimum atomic E-state index is -0.832. The average molecular weight is 239 g/mol. The molecular formula is C13H21NO3. The van der Waals surface area contributed by atoms with Gasteiger partial charge in [-0.2, -0.15) is 0 Å². The topological polar surface area (TPSA) is 61.7 Å². The Kier molecular flexibility index (Phi) is 5.97. The molecule has 0 aliphatic heterocycles. The molecule has 0 radical (unpaired) electrons. The van der Waals surface area contributed by atoms with E-state index in [1.165, 1.54) is 0 Å². The Labute approximate surface area is 102 Å². The number of aryl methyl sites for hydroxylation is 1. The van der Waals surface area contributed by atoms with Crippen LogP contribution in [0.1, 0.15) is 18.1 Å². The van der Waals surface area contributed by atoms with Crippen molar-refractivity contribution >= 4 is 0 Å². The Hall–Kier alpha value is -1.10. The van der Waals surface area contributed by atoms with E-state index in [0.717, 1.165) is 30.0 Å². The van der Waals surface area contributed by atoms with Crippen LogP contribution in [0.3, 0.4) is 0 Å². The Morgan fingerprint density at radius 1 is 1.41 bits per heavy atom. The van der Waals surface area contributed by atoms with Crippen LogP contribution in [-0.4, -0.2) is 36.1 Å². The summed E-state index contributed by atoms with van der Waals surface area (Å²) in [4.78, 5) is 0. The smallest absolute Gasteiger partial charge is 0.126 e. The van der Waals surface area contributed by atoms with Gasteiger partial charge in [0.15, 0.2) is 0 Å². The highest BCUT2D eigenvalue weighted by Gasteiger charge is 2.09. The van der Waals surface area contributed by atoms with Crippen LogP contribution in [0.5, 0.6) is 5.75 Å². The molecule has 96 valence electrons. The summed E-state index contributed by atoms with van der Waals surface area (Å²) in [5.41, 5.74) is 2.10. The van der Waals surface area contributed by atoms with Crippen LogP contribution < -0.4 is 10.1 Å². The molecule has 0 heterocycles. The quantitative estimate of drug-likeness (QED) is 0.660. The van der Waals surface area contributed by atoms with E-state index in [-0.39, 0.29) is 13.2 Å². The van der Waals surface area contributed by atoms with Crippen molar-refractivity contribution in [1.82, 2.24) is 5.32 Å². The maximum absolute atomic E-state index is 9.29. The Balaban J connectivity index is 2.72. The van der Waals surface area contributed by atoms with E-state index in [4.69, 9.17) is 9.84 Å². The molecule has 0 bridgehead atoms. The van der Waals surface area contributed by atoms with Crippen LogP contribution in [-0.2, 0) is 6.54 Å². The molecule has 0 fully saturated rings. The highest BCUT2D eigenvalue weighted by atomic mass is 16.5. The summed E-state index contributed by atoms with van der Waals surface area (Å²) in [7, 11) is 0. The fourth-order valence-corrected chi connectivity index (χ4v) is 1.55. The van der Waals surface area contributed by atoms with Gasteiger partial charge in [0.2, 0.25) is 0 Å². The number of benzene rings is 1. The number of hydrogen-bond acceptors (Lipinski definition) is 4. The normalized spacial score (nSPS) is 12.5. The average Bonchev–Trinajstić information content (AvgIpc) is 2.34. The number of hydrogen-bond donors (Lipinski definition) is 3. The third-order valence-corrected chi connectivity index (χ3v) is 2.49. The molecule has 17 heavy (non-hydrogen) atoms. The van der Waals surface area contributed by atoms with Crippen LogP contribution in [0, 0.1) is 6.92 Å². The Morgan fingerprint density at radius 2 is 2.18 bits per heavy atom. The van der Waals surface area contributed by atoms with E-state index in [0.29, 0.717) is 0 Å². The van der Waals surface area contributed by atoms with E-state index in [1.807, 2.05) is 32.0 Å². The van der Waals surface area contributed by atoms with Crippen molar-refractivity contribution in [1.29, 1.82) is 0 Å². The SMILES string of the molecule is CCNCc1cccc(C)c1OCC(O)CO. The van der Waals surface area contributed by atoms with E-state index in [9.17, 15) is 5.11 Å². The number of para-hydroxylation sites is 1. The first-order valence-corrected chi connectivity index (χ1v) is 5.90. The fraction of sp³-hybridized carbons (Fsp3) is 0.538. The molecule has 0 aliphatic rings. The molecule has 1 unspecified atom stereocenters. The minimum Gasteiger partial charge on any atom is -0.490 e. The molecule has 1 aromatic rings. The van der Waals surface area contributed by atoms with Gasteiger partial charge in [-0.1, -0.05) is 25.1 Å². The van der Waals surface area contributed by atoms with Gasteiger partial charge in [-0.3, -0.25) is 0 Å². The number of aliphatic hydroxyl groups is 2. The van der Waals surface area contributed by atoms with E-state index in [1.54, 1.807) is 0 Å². The first kappa shape index (κ1) is 14.0.